The molecule has 5 rings (SSSR count). The number of fused-ring (bicyclic) bond motifs is 1. The topological polar surface area (TPSA) is 138 Å². The minimum Gasteiger partial charge on any atom is -0.454 e. The summed E-state index contributed by atoms with van der Waals surface area (Å²) in [6, 6.07) is 12.2. The fraction of sp³-hybridized carbons (Fsp3) is 0.310. The number of nitrogens with zero attached hydrogens (tertiary/aromatic N) is 4. The van der Waals surface area contributed by atoms with Crippen LogP contribution >= 0.6 is 0 Å². The fourth-order valence-electron chi connectivity index (χ4n) is 4.28. The number of hydrogen-bond donors (Lipinski definition) is 1. The second-order valence-electron chi connectivity index (χ2n) is 10.8. The molecule has 11 nitrogen and oxygen atoms in total. The second-order valence-corrected chi connectivity index (χ2v) is 10.8. The molecular formula is C29H28FN5O6. The number of rotatable bonds is 9. The largest absolute Gasteiger partial charge is 0.454 e. The van der Waals surface area contributed by atoms with Crippen LogP contribution in [0.5, 0.6) is 11.5 Å². The van der Waals surface area contributed by atoms with E-state index < -0.39 is 33.9 Å². The van der Waals surface area contributed by atoms with Crippen LogP contribution in [-0.4, -0.2) is 44.8 Å². The Hall–Kier alpha value is -4.87. The van der Waals surface area contributed by atoms with Gasteiger partial charge < -0.3 is 19.2 Å². The number of ether oxygens (including phenoxy) is 2. The standard InChI is InChI=1S/C29H28FN5O6/c1-28(2,15-32-22(36)14-35-23(37)11-12-31-25(35)17-5-8-19(30)9-6-17)24(38)26-33-34-27(41-26)29(3,4)18-7-10-20-21(13-18)40-16-39-20/h5-13H,14-16H2,1-4H3,(H,32,36). The first-order chi connectivity index (χ1) is 19.5. The van der Waals surface area contributed by atoms with Crippen LogP contribution in [0, 0.1) is 11.2 Å². The molecule has 0 aliphatic carbocycles. The Balaban J connectivity index is 1.26. The van der Waals surface area contributed by atoms with Crippen LogP contribution in [-0.2, 0) is 16.8 Å². The molecule has 4 aromatic rings. The van der Waals surface area contributed by atoms with E-state index in [4.69, 9.17) is 13.9 Å². The Kier molecular flexibility index (Phi) is 7.16. The van der Waals surface area contributed by atoms with Crippen molar-refractivity contribution in [2.45, 2.75) is 39.7 Å². The van der Waals surface area contributed by atoms with Crippen LogP contribution in [0.3, 0.4) is 0 Å². The number of benzene rings is 2. The molecule has 1 N–H and O–H groups in total. The number of aromatic nitrogens is 4. The first kappa shape index (κ1) is 27.7. The van der Waals surface area contributed by atoms with Gasteiger partial charge in [0.15, 0.2) is 11.5 Å². The zero-order valence-electron chi connectivity index (χ0n) is 22.9. The van der Waals surface area contributed by atoms with Gasteiger partial charge in [-0.1, -0.05) is 19.9 Å². The Morgan fingerprint density at radius 1 is 1.00 bits per heavy atom. The molecule has 12 heteroatoms. The van der Waals surface area contributed by atoms with Gasteiger partial charge in [-0.3, -0.25) is 19.0 Å². The number of Topliss-reactive ketones (excluding diaryl/α,β-unsaturated/α-hetero) is 1. The highest BCUT2D eigenvalue weighted by molar-refractivity contribution is 5.96. The normalized spacial score (nSPS) is 12.8. The Morgan fingerprint density at radius 2 is 1.73 bits per heavy atom. The van der Waals surface area contributed by atoms with Crippen molar-refractivity contribution in [3.8, 4) is 22.9 Å². The van der Waals surface area contributed by atoms with Crippen LogP contribution in [0.15, 0.2) is 63.9 Å². The number of nitrogens with one attached hydrogen (secondary N) is 1. The maximum atomic E-state index is 13.4. The Morgan fingerprint density at radius 3 is 2.49 bits per heavy atom. The minimum absolute atomic E-state index is 0.0607. The highest BCUT2D eigenvalue weighted by atomic mass is 19.1. The number of carbonyl (C=O) groups excluding carboxylic acids is 2. The summed E-state index contributed by atoms with van der Waals surface area (Å²) in [5.41, 5.74) is -0.982. The van der Waals surface area contributed by atoms with Crippen molar-refractivity contribution in [2.24, 2.45) is 5.41 Å². The molecule has 0 unspecified atom stereocenters. The van der Waals surface area contributed by atoms with Crippen LogP contribution in [0.4, 0.5) is 4.39 Å². The van der Waals surface area contributed by atoms with E-state index >= 15 is 0 Å². The molecule has 0 saturated carbocycles. The number of hydrogen-bond acceptors (Lipinski definition) is 9. The zero-order chi connectivity index (χ0) is 29.4. The maximum absolute atomic E-state index is 13.4. The van der Waals surface area contributed by atoms with Gasteiger partial charge in [0.05, 0.1) is 10.8 Å². The van der Waals surface area contributed by atoms with Gasteiger partial charge in [-0.15, -0.1) is 10.2 Å². The number of halogens is 1. The summed E-state index contributed by atoms with van der Waals surface area (Å²) in [4.78, 5) is 42.9. The van der Waals surface area contributed by atoms with Crippen LogP contribution in [0.25, 0.3) is 11.4 Å². The molecule has 2 aromatic carbocycles. The van der Waals surface area contributed by atoms with Crippen LogP contribution in [0.2, 0.25) is 0 Å². The second kappa shape index (κ2) is 10.6. The third kappa shape index (κ3) is 5.58. The van der Waals surface area contributed by atoms with Crippen LogP contribution < -0.4 is 20.3 Å². The molecule has 2 aromatic heterocycles. The van der Waals surface area contributed by atoms with Gasteiger partial charge in [0.25, 0.3) is 11.4 Å². The van der Waals surface area contributed by atoms with Gasteiger partial charge in [-0.2, -0.15) is 0 Å². The number of amides is 1. The lowest BCUT2D eigenvalue weighted by molar-refractivity contribution is -0.122. The SMILES string of the molecule is CC(C)(CNC(=O)Cn1c(-c2ccc(F)cc2)nccc1=O)C(=O)c1nnc(C(C)(C)c2ccc3c(c2)OCO3)o1. The molecule has 0 saturated heterocycles. The van der Waals surface area contributed by atoms with E-state index in [1.54, 1.807) is 19.9 Å². The first-order valence-electron chi connectivity index (χ1n) is 12.8. The third-order valence-electron chi connectivity index (χ3n) is 6.93. The summed E-state index contributed by atoms with van der Waals surface area (Å²) in [7, 11) is 0. The van der Waals surface area contributed by atoms with E-state index in [1.165, 1.54) is 41.1 Å². The van der Waals surface area contributed by atoms with E-state index in [2.05, 4.69) is 20.5 Å². The van der Waals surface area contributed by atoms with E-state index in [0.717, 1.165) is 5.56 Å². The molecule has 0 radical (unpaired) electrons. The van der Waals surface area contributed by atoms with Crippen molar-refractivity contribution in [3.05, 3.63) is 88.2 Å². The molecule has 0 spiro atoms. The smallest absolute Gasteiger partial charge is 0.284 e. The van der Waals surface area contributed by atoms with Gasteiger partial charge in [0, 0.05) is 24.4 Å². The molecule has 1 aliphatic rings. The van der Waals surface area contributed by atoms with Gasteiger partial charge >= 0.3 is 0 Å². The summed E-state index contributed by atoms with van der Waals surface area (Å²) < 4.78 is 31.2. The Bertz CT molecular complexity index is 1680. The van der Waals surface area contributed by atoms with E-state index in [0.29, 0.717) is 17.1 Å². The maximum Gasteiger partial charge on any atom is 0.284 e. The fourth-order valence-corrected chi connectivity index (χ4v) is 4.28. The highest BCUT2D eigenvalue weighted by Gasteiger charge is 2.37. The molecule has 0 bridgehead atoms. The molecule has 41 heavy (non-hydrogen) atoms. The van der Waals surface area contributed by atoms with Crippen LogP contribution in [0.1, 0.15) is 49.8 Å². The van der Waals surface area contributed by atoms with Crippen molar-refractivity contribution in [2.75, 3.05) is 13.3 Å². The summed E-state index contributed by atoms with van der Waals surface area (Å²) >= 11 is 0. The van der Waals surface area contributed by atoms with E-state index in [1.807, 2.05) is 26.0 Å². The molecule has 0 fully saturated rings. The predicted molar refractivity (Wildman–Crippen MR) is 144 cm³/mol. The van der Waals surface area contributed by atoms with E-state index in [-0.39, 0.29) is 37.5 Å². The molecular weight excluding hydrogens is 533 g/mol. The first-order valence-corrected chi connectivity index (χ1v) is 12.8. The average molecular weight is 562 g/mol. The lowest BCUT2D eigenvalue weighted by Crippen LogP contribution is -2.41. The molecule has 1 aliphatic heterocycles. The Labute approximate surface area is 234 Å². The van der Waals surface area contributed by atoms with Crippen molar-refractivity contribution >= 4 is 11.7 Å². The van der Waals surface area contributed by atoms with Crippen molar-refractivity contribution < 1.29 is 27.9 Å². The van der Waals surface area contributed by atoms with E-state index in [9.17, 15) is 18.8 Å². The van der Waals surface area contributed by atoms with Gasteiger partial charge in [0.2, 0.25) is 24.4 Å². The highest BCUT2D eigenvalue weighted by Crippen LogP contribution is 2.39. The van der Waals surface area contributed by atoms with Gasteiger partial charge in [0.1, 0.15) is 18.2 Å². The molecule has 1 amide bonds. The lowest BCUT2D eigenvalue weighted by Gasteiger charge is -2.22. The van der Waals surface area contributed by atoms with Crippen molar-refractivity contribution in [3.63, 3.8) is 0 Å². The summed E-state index contributed by atoms with van der Waals surface area (Å²) in [6.45, 7) is 6.80. The van der Waals surface area contributed by atoms with Gasteiger partial charge in [-0.05, 0) is 55.8 Å². The summed E-state index contributed by atoms with van der Waals surface area (Å²) in [5.74, 6) is 0.123. The monoisotopic (exact) mass is 561 g/mol. The summed E-state index contributed by atoms with van der Waals surface area (Å²) in [6.07, 6.45) is 1.32. The van der Waals surface area contributed by atoms with Gasteiger partial charge in [-0.25, -0.2) is 9.37 Å². The predicted octanol–water partition coefficient (Wildman–Crippen LogP) is 3.51. The quantitative estimate of drug-likeness (QED) is 0.304. The van der Waals surface area contributed by atoms with Crippen molar-refractivity contribution in [1.29, 1.82) is 0 Å². The summed E-state index contributed by atoms with van der Waals surface area (Å²) in [5, 5.41) is 10.8. The molecule has 212 valence electrons. The zero-order valence-corrected chi connectivity index (χ0v) is 22.9. The lowest BCUT2D eigenvalue weighted by atomic mass is 9.84. The molecule has 0 atom stereocenters. The van der Waals surface area contributed by atoms with Crippen molar-refractivity contribution in [1.82, 2.24) is 25.1 Å². The minimum atomic E-state index is -1.11. The third-order valence-corrected chi connectivity index (χ3v) is 6.93. The number of carbonyl (C=O) groups is 2. The molecule has 3 heterocycles. The average Bonchev–Trinajstić information content (AvgIpc) is 3.63. The number of ketones is 1.